The van der Waals surface area contributed by atoms with E-state index in [4.69, 9.17) is 4.74 Å². The molecule has 0 aromatic rings. The smallest absolute Gasteiger partial charge is 0.0620 e. The number of nitrogens with one attached hydrogen (secondary N) is 1. The lowest BCUT2D eigenvalue weighted by atomic mass is 9.81. The van der Waals surface area contributed by atoms with Crippen molar-refractivity contribution >= 4 is 0 Å². The predicted octanol–water partition coefficient (Wildman–Crippen LogP) is 2.97. The lowest BCUT2D eigenvalue weighted by Crippen LogP contribution is -2.41. The average molecular weight is 225 g/mol. The van der Waals surface area contributed by atoms with Crippen molar-refractivity contribution in [3.8, 4) is 0 Å². The molecule has 1 aliphatic heterocycles. The van der Waals surface area contributed by atoms with Crippen molar-refractivity contribution in [1.82, 2.24) is 5.32 Å². The summed E-state index contributed by atoms with van der Waals surface area (Å²) in [6, 6.07) is 1.41. The van der Waals surface area contributed by atoms with E-state index in [-0.39, 0.29) is 0 Å². The molecule has 0 bridgehead atoms. The Kier molecular flexibility index (Phi) is 4.66. The lowest BCUT2D eigenvalue weighted by molar-refractivity contribution is 0.180. The quantitative estimate of drug-likeness (QED) is 0.794. The number of ether oxygens (including phenoxy) is 1. The van der Waals surface area contributed by atoms with Gasteiger partial charge in [-0.1, -0.05) is 26.7 Å². The van der Waals surface area contributed by atoms with Gasteiger partial charge < -0.3 is 10.1 Å². The first kappa shape index (κ1) is 12.4. The van der Waals surface area contributed by atoms with Gasteiger partial charge in [0.25, 0.3) is 0 Å². The van der Waals surface area contributed by atoms with Gasteiger partial charge in [0.1, 0.15) is 0 Å². The predicted molar refractivity (Wildman–Crippen MR) is 67.6 cm³/mol. The van der Waals surface area contributed by atoms with Crippen LogP contribution in [0.25, 0.3) is 0 Å². The van der Waals surface area contributed by atoms with Crippen LogP contribution in [0, 0.1) is 11.8 Å². The van der Waals surface area contributed by atoms with E-state index in [1.54, 1.807) is 0 Å². The zero-order valence-electron chi connectivity index (χ0n) is 10.9. The molecule has 16 heavy (non-hydrogen) atoms. The van der Waals surface area contributed by atoms with E-state index in [0.717, 1.165) is 31.1 Å². The summed E-state index contributed by atoms with van der Waals surface area (Å²) in [5.41, 5.74) is 0. The normalized spacial score (nSPS) is 35.8. The molecule has 1 aliphatic carbocycles. The minimum atomic E-state index is 0.641. The third-order valence-electron chi connectivity index (χ3n) is 3.99. The van der Waals surface area contributed by atoms with Crippen LogP contribution < -0.4 is 5.32 Å². The van der Waals surface area contributed by atoms with Crippen molar-refractivity contribution in [2.75, 3.05) is 13.2 Å². The highest BCUT2D eigenvalue weighted by molar-refractivity contribution is 4.83. The molecule has 1 N–H and O–H groups in total. The van der Waals surface area contributed by atoms with Gasteiger partial charge in [0.15, 0.2) is 0 Å². The summed E-state index contributed by atoms with van der Waals surface area (Å²) in [5.74, 6) is 1.83. The second-order valence-electron chi connectivity index (χ2n) is 6.09. The van der Waals surface area contributed by atoms with Crippen molar-refractivity contribution < 1.29 is 4.74 Å². The Bertz CT molecular complexity index is 199. The number of hydrogen-bond acceptors (Lipinski definition) is 2. The average Bonchev–Trinajstić information content (AvgIpc) is 2.70. The van der Waals surface area contributed by atoms with Crippen LogP contribution in [0.2, 0.25) is 0 Å². The SMILES string of the molecule is CC(C)CC1CCCC(NC2CCOC2)C1. The van der Waals surface area contributed by atoms with Crippen LogP contribution in [0.15, 0.2) is 0 Å². The summed E-state index contributed by atoms with van der Waals surface area (Å²) in [6.45, 7) is 6.59. The number of rotatable bonds is 4. The van der Waals surface area contributed by atoms with Gasteiger partial charge in [-0.25, -0.2) is 0 Å². The highest BCUT2D eigenvalue weighted by atomic mass is 16.5. The van der Waals surface area contributed by atoms with E-state index >= 15 is 0 Å². The van der Waals surface area contributed by atoms with Crippen LogP contribution in [0.5, 0.6) is 0 Å². The Labute approximate surface area is 100 Å². The van der Waals surface area contributed by atoms with Crippen LogP contribution in [0.4, 0.5) is 0 Å². The molecule has 2 nitrogen and oxygen atoms in total. The molecule has 0 spiro atoms. The lowest BCUT2D eigenvalue weighted by Gasteiger charge is -2.32. The van der Waals surface area contributed by atoms with Crippen LogP contribution >= 0.6 is 0 Å². The molecular formula is C14H27NO. The Hall–Kier alpha value is -0.0800. The zero-order valence-corrected chi connectivity index (χ0v) is 10.9. The topological polar surface area (TPSA) is 21.3 Å². The van der Waals surface area contributed by atoms with Crippen molar-refractivity contribution in [3.05, 3.63) is 0 Å². The van der Waals surface area contributed by atoms with Gasteiger partial charge >= 0.3 is 0 Å². The Morgan fingerprint density at radius 1 is 1.19 bits per heavy atom. The first-order chi connectivity index (χ1) is 7.74. The van der Waals surface area contributed by atoms with Crippen molar-refractivity contribution in [2.45, 2.75) is 64.5 Å². The monoisotopic (exact) mass is 225 g/mol. The molecular weight excluding hydrogens is 198 g/mol. The molecule has 2 aliphatic rings. The maximum atomic E-state index is 5.43. The van der Waals surface area contributed by atoms with Gasteiger partial charge in [0.2, 0.25) is 0 Å². The molecule has 0 amide bonds. The van der Waals surface area contributed by atoms with E-state index in [1.165, 1.54) is 38.5 Å². The fourth-order valence-electron chi connectivity index (χ4n) is 3.32. The summed E-state index contributed by atoms with van der Waals surface area (Å²) in [4.78, 5) is 0. The molecule has 0 aromatic heterocycles. The van der Waals surface area contributed by atoms with Crippen LogP contribution in [-0.2, 0) is 4.74 Å². The van der Waals surface area contributed by atoms with Gasteiger partial charge in [0, 0.05) is 18.7 Å². The molecule has 0 aromatic carbocycles. The molecule has 2 heteroatoms. The highest BCUT2D eigenvalue weighted by Gasteiger charge is 2.25. The van der Waals surface area contributed by atoms with Gasteiger partial charge in [-0.3, -0.25) is 0 Å². The molecule has 3 atom stereocenters. The molecule has 1 heterocycles. The summed E-state index contributed by atoms with van der Waals surface area (Å²) in [6.07, 6.45) is 8.28. The molecule has 94 valence electrons. The standard InChI is InChI=1S/C14H27NO/c1-11(2)8-12-4-3-5-13(9-12)15-14-6-7-16-10-14/h11-15H,3-10H2,1-2H3. The second kappa shape index (κ2) is 6.02. The highest BCUT2D eigenvalue weighted by Crippen LogP contribution is 2.29. The summed E-state index contributed by atoms with van der Waals surface area (Å²) in [7, 11) is 0. The van der Waals surface area contributed by atoms with E-state index in [0.29, 0.717) is 6.04 Å². The van der Waals surface area contributed by atoms with Gasteiger partial charge in [-0.2, -0.15) is 0 Å². The van der Waals surface area contributed by atoms with E-state index in [1.807, 2.05) is 0 Å². The maximum absolute atomic E-state index is 5.43. The summed E-state index contributed by atoms with van der Waals surface area (Å²) >= 11 is 0. The Morgan fingerprint density at radius 2 is 2.06 bits per heavy atom. The summed E-state index contributed by atoms with van der Waals surface area (Å²) in [5, 5.41) is 3.80. The van der Waals surface area contributed by atoms with E-state index < -0.39 is 0 Å². The maximum Gasteiger partial charge on any atom is 0.0620 e. The first-order valence-corrected chi connectivity index (χ1v) is 7.08. The Morgan fingerprint density at radius 3 is 2.75 bits per heavy atom. The van der Waals surface area contributed by atoms with Crippen molar-refractivity contribution in [1.29, 1.82) is 0 Å². The zero-order chi connectivity index (χ0) is 11.4. The molecule has 1 saturated heterocycles. The van der Waals surface area contributed by atoms with Gasteiger partial charge in [-0.05, 0) is 37.5 Å². The fourth-order valence-corrected chi connectivity index (χ4v) is 3.32. The first-order valence-electron chi connectivity index (χ1n) is 7.08. The minimum Gasteiger partial charge on any atom is -0.380 e. The third-order valence-corrected chi connectivity index (χ3v) is 3.99. The third kappa shape index (κ3) is 3.74. The number of hydrogen-bond donors (Lipinski definition) is 1. The molecule has 2 rings (SSSR count). The Balaban J connectivity index is 1.72. The van der Waals surface area contributed by atoms with Gasteiger partial charge in [-0.15, -0.1) is 0 Å². The molecule has 1 saturated carbocycles. The summed E-state index contributed by atoms with van der Waals surface area (Å²) < 4.78 is 5.43. The van der Waals surface area contributed by atoms with E-state index in [9.17, 15) is 0 Å². The fraction of sp³-hybridized carbons (Fsp3) is 1.00. The largest absolute Gasteiger partial charge is 0.380 e. The van der Waals surface area contributed by atoms with E-state index in [2.05, 4.69) is 19.2 Å². The molecule has 3 unspecified atom stereocenters. The van der Waals surface area contributed by atoms with Crippen molar-refractivity contribution in [3.63, 3.8) is 0 Å². The minimum absolute atomic E-state index is 0.641. The molecule has 2 fully saturated rings. The van der Waals surface area contributed by atoms with Crippen LogP contribution in [0.1, 0.15) is 52.4 Å². The van der Waals surface area contributed by atoms with Gasteiger partial charge in [0.05, 0.1) is 6.61 Å². The van der Waals surface area contributed by atoms with Crippen molar-refractivity contribution in [2.24, 2.45) is 11.8 Å². The van der Waals surface area contributed by atoms with Crippen LogP contribution in [-0.4, -0.2) is 25.3 Å². The van der Waals surface area contributed by atoms with Crippen LogP contribution in [0.3, 0.4) is 0 Å². The second-order valence-corrected chi connectivity index (χ2v) is 6.09. The molecule has 0 radical (unpaired) electrons.